The number of carbonyl (C=O) groups is 3. The molecule has 0 heterocycles. The van der Waals surface area contributed by atoms with Crippen molar-refractivity contribution in [3.05, 3.63) is 57.7 Å². The quantitative estimate of drug-likeness (QED) is 0.475. The number of ketones is 3. The highest BCUT2D eigenvalue weighted by Crippen LogP contribution is 2.47. The highest BCUT2D eigenvalue weighted by Gasteiger charge is 2.43. The smallest absolute Gasteiger partial charge is 0.202 e. The van der Waals surface area contributed by atoms with Gasteiger partial charge < -0.3 is 25.2 Å². The standard InChI is InChI=1S/C21H16O8/c1-29-12-4-2-3-10-14(12)20(27)16-15(18(10)25)19(26)11-7-21(28,13(23)8-22)6-5-9(11)17(16)24/h2-6,22,24,26,28H,7-8H2,1H3. The number of Topliss-reactive ketones (excluding diaryl/α,β-unsaturated/α-hetero) is 1. The predicted octanol–water partition coefficient (Wildman–Crippen LogP) is 0.744. The average Bonchev–Trinajstić information content (AvgIpc) is 2.73. The first-order chi connectivity index (χ1) is 13.7. The summed E-state index contributed by atoms with van der Waals surface area (Å²) in [5.41, 5.74) is -2.95. The summed E-state index contributed by atoms with van der Waals surface area (Å²) in [6.07, 6.45) is 1.78. The summed E-state index contributed by atoms with van der Waals surface area (Å²) >= 11 is 0. The Morgan fingerprint density at radius 2 is 1.79 bits per heavy atom. The monoisotopic (exact) mass is 396 g/mol. The van der Waals surface area contributed by atoms with Gasteiger partial charge in [0.2, 0.25) is 5.78 Å². The van der Waals surface area contributed by atoms with Gasteiger partial charge in [-0.3, -0.25) is 14.4 Å². The first-order valence-electron chi connectivity index (χ1n) is 8.68. The maximum atomic E-state index is 13.1. The van der Waals surface area contributed by atoms with E-state index in [0.29, 0.717) is 0 Å². The topological polar surface area (TPSA) is 141 Å². The van der Waals surface area contributed by atoms with Crippen LogP contribution in [0.5, 0.6) is 17.2 Å². The van der Waals surface area contributed by atoms with Crippen molar-refractivity contribution < 1.29 is 39.5 Å². The summed E-state index contributed by atoms with van der Waals surface area (Å²) in [5, 5.41) is 41.1. The number of hydrogen-bond donors (Lipinski definition) is 4. The van der Waals surface area contributed by atoms with Crippen LogP contribution in [0.3, 0.4) is 0 Å². The van der Waals surface area contributed by atoms with Crippen LogP contribution in [0.2, 0.25) is 0 Å². The highest BCUT2D eigenvalue weighted by molar-refractivity contribution is 6.31. The van der Waals surface area contributed by atoms with E-state index < -0.39 is 53.0 Å². The Hall–Kier alpha value is -3.49. The third-order valence-electron chi connectivity index (χ3n) is 5.36. The molecule has 8 nitrogen and oxygen atoms in total. The summed E-state index contributed by atoms with van der Waals surface area (Å²) in [6.45, 7) is -0.932. The van der Waals surface area contributed by atoms with Gasteiger partial charge in [-0.25, -0.2) is 0 Å². The molecule has 2 aliphatic rings. The molecule has 4 rings (SSSR count). The van der Waals surface area contributed by atoms with Crippen molar-refractivity contribution in [2.75, 3.05) is 13.7 Å². The van der Waals surface area contributed by atoms with Gasteiger partial charge in [-0.05, 0) is 12.1 Å². The average molecular weight is 396 g/mol. The fourth-order valence-corrected chi connectivity index (χ4v) is 3.86. The van der Waals surface area contributed by atoms with Gasteiger partial charge in [0.25, 0.3) is 0 Å². The maximum absolute atomic E-state index is 13.1. The lowest BCUT2D eigenvalue weighted by Crippen LogP contribution is -2.42. The second-order valence-corrected chi connectivity index (χ2v) is 6.90. The third kappa shape index (κ3) is 2.43. The SMILES string of the molecule is COc1cccc2c1C(=O)c1c(O)c3c(c(O)c1C2=O)CC(O)(C(=O)CO)C=C3. The van der Waals surface area contributed by atoms with E-state index in [0.717, 1.165) is 6.08 Å². The van der Waals surface area contributed by atoms with E-state index >= 15 is 0 Å². The first-order valence-corrected chi connectivity index (χ1v) is 8.68. The molecule has 8 heteroatoms. The second kappa shape index (κ2) is 6.26. The number of methoxy groups -OCH3 is 1. The number of rotatable bonds is 3. The van der Waals surface area contributed by atoms with E-state index in [9.17, 15) is 29.7 Å². The maximum Gasteiger partial charge on any atom is 0.202 e. The van der Waals surface area contributed by atoms with Crippen molar-refractivity contribution in [1.82, 2.24) is 0 Å². The van der Waals surface area contributed by atoms with Gasteiger partial charge in [0.1, 0.15) is 29.5 Å². The fourth-order valence-electron chi connectivity index (χ4n) is 3.86. The molecule has 0 radical (unpaired) electrons. The highest BCUT2D eigenvalue weighted by atomic mass is 16.5. The Bertz CT molecular complexity index is 1140. The van der Waals surface area contributed by atoms with Crippen LogP contribution >= 0.6 is 0 Å². The van der Waals surface area contributed by atoms with E-state index in [1.807, 2.05) is 0 Å². The lowest BCUT2D eigenvalue weighted by atomic mass is 9.76. The molecule has 0 aromatic heterocycles. The van der Waals surface area contributed by atoms with Crippen LogP contribution in [-0.4, -0.2) is 57.1 Å². The fraction of sp³-hybridized carbons (Fsp3) is 0.190. The van der Waals surface area contributed by atoms with Crippen LogP contribution in [0, 0.1) is 0 Å². The van der Waals surface area contributed by atoms with Gasteiger partial charge in [-0.1, -0.05) is 18.2 Å². The number of phenolic OH excluding ortho intramolecular Hbond substituents is 2. The van der Waals surface area contributed by atoms with E-state index in [4.69, 9.17) is 9.84 Å². The largest absolute Gasteiger partial charge is 0.507 e. The normalized spacial score (nSPS) is 19.4. The Balaban J connectivity index is 2.00. The van der Waals surface area contributed by atoms with E-state index in [1.165, 1.54) is 31.4 Å². The number of aliphatic hydroxyl groups excluding tert-OH is 1. The van der Waals surface area contributed by atoms with Gasteiger partial charge >= 0.3 is 0 Å². The summed E-state index contributed by atoms with van der Waals surface area (Å²) in [7, 11) is 1.34. The zero-order chi connectivity index (χ0) is 21.1. The van der Waals surface area contributed by atoms with Crippen molar-refractivity contribution in [1.29, 1.82) is 0 Å². The molecule has 0 bridgehead atoms. The van der Waals surface area contributed by atoms with Crippen LogP contribution in [0.15, 0.2) is 24.3 Å². The molecule has 2 aromatic carbocycles. The number of aromatic hydroxyl groups is 2. The second-order valence-electron chi connectivity index (χ2n) is 6.90. The van der Waals surface area contributed by atoms with Gasteiger partial charge in [-0.15, -0.1) is 0 Å². The molecule has 0 spiro atoms. The van der Waals surface area contributed by atoms with Crippen LogP contribution in [-0.2, 0) is 11.2 Å². The molecule has 148 valence electrons. The molecule has 0 saturated heterocycles. The Morgan fingerprint density at radius 1 is 1.10 bits per heavy atom. The molecular formula is C21H16O8. The van der Waals surface area contributed by atoms with Crippen molar-refractivity contribution in [2.24, 2.45) is 0 Å². The minimum Gasteiger partial charge on any atom is -0.507 e. The number of phenols is 2. The van der Waals surface area contributed by atoms with Crippen molar-refractivity contribution >= 4 is 23.4 Å². The van der Waals surface area contributed by atoms with Gasteiger partial charge in [0.05, 0.1) is 23.8 Å². The van der Waals surface area contributed by atoms with Gasteiger partial charge in [-0.2, -0.15) is 0 Å². The summed E-state index contributed by atoms with van der Waals surface area (Å²) in [5.74, 6) is -3.29. The van der Waals surface area contributed by atoms with Gasteiger partial charge in [0.15, 0.2) is 11.6 Å². The summed E-state index contributed by atoms with van der Waals surface area (Å²) in [6, 6.07) is 4.43. The molecule has 29 heavy (non-hydrogen) atoms. The molecule has 0 amide bonds. The zero-order valence-electron chi connectivity index (χ0n) is 15.2. The Labute approximate surface area is 164 Å². The third-order valence-corrected chi connectivity index (χ3v) is 5.36. The van der Waals surface area contributed by atoms with E-state index in [1.54, 1.807) is 0 Å². The van der Waals surface area contributed by atoms with Crippen molar-refractivity contribution in [2.45, 2.75) is 12.0 Å². The molecule has 1 atom stereocenters. The van der Waals surface area contributed by atoms with E-state index in [2.05, 4.69) is 0 Å². The molecule has 1 unspecified atom stereocenters. The summed E-state index contributed by atoms with van der Waals surface area (Å²) < 4.78 is 5.17. The lowest BCUT2D eigenvalue weighted by molar-refractivity contribution is -0.135. The molecule has 2 aromatic rings. The first kappa shape index (κ1) is 18.9. The van der Waals surface area contributed by atoms with Crippen molar-refractivity contribution in [3.8, 4) is 17.2 Å². The Morgan fingerprint density at radius 3 is 2.45 bits per heavy atom. The van der Waals surface area contributed by atoms with Crippen LogP contribution in [0.25, 0.3) is 6.08 Å². The number of hydrogen-bond acceptors (Lipinski definition) is 8. The van der Waals surface area contributed by atoms with E-state index in [-0.39, 0.29) is 33.6 Å². The molecule has 2 aliphatic carbocycles. The number of ether oxygens (including phenoxy) is 1. The van der Waals surface area contributed by atoms with Crippen molar-refractivity contribution in [3.63, 3.8) is 0 Å². The van der Waals surface area contributed by atoms with Crippen LogP contribution in [0.4, 0.5) is 0 Å². The lowest BCUT2D eigenvalue weighted by Gasteiger charge is -2.30. The van der Waals surface area contributed by atoms with Crippen LogP contribution < -0.4 is 4.74 Å². The zero-order valence-corrected chi connectivity index (χ0v) is 15.2. The number of aliphatic hydroxyl groups is 2. The van der Waals surface area contributed by atoms with Crippen LogP contribution in [0.1, 0.15) is 43.0 Å². The number of fused-ring (bicyclic) bond motifs is 3. The number of carbonyl (C=O) groups excluding carboxylic acids is 3. The molecular weight excluding hydrogens is 380 g/mol. The minimum atomic E-state index is -2.11. The number of benzene rings is 2. The molecule has 0 aliphatic heterocycles. The Kier molecular flexibility index (Phi) is 4.07. The van der Waals surface area contributed by atoms with Gasteiger partial charge in [0, 0.05) is 23.1 Å². The predicted molar refractivity (Wildman–Crippen MR) is 99.4 cm³/mol. The molecule has 4 N–H and O–H groups in total. The molecule has 0 fully saturated rings. The summed E-state index contributed by atoms with van der Waals surface area (Å²) in [4.78, 5) is 38.1. The molecule has 0 saturated carbocycles. The minimum absolute atomic E-state index is 0.00421.